The first kappa shape index (κ1) is 12.6. The molecule has 1 heterocycles. The Labute approximate surface area is 116 Å². The van der Waals surface area contributed by atoms with Gasteiger partial charge in [-0.1, -0.05) is 6.07 Å². The van der Waals surface area contributed by atoms with Crippen molar-refractivity contribution in [2.45, 2.75) is 6.54 Å². The van der Waals surface area contributed by atoms with E-state index in [9.17, 15) is 4.39 Å². The number of benzene rings is 2. The zero-order chi connectivity index (χ0) is 13.9. The fourth-order valence-electron chi connectivity index (χ4n) is 2.03. The molecule has 0 spiro atoms. The second-order valence-electron chi connectivity index (χ2n) is 4.39. The van der Waals surface area contributed by atoms with Crippen LogP contribution >= 0.6 is 0 Å². The summed E-state index contributed by atoms with van der Waals surface area (Å²) in [6.45, 7) is 0.832. The summed E-state index contributed by atoms with van der Waals surface area (Å²) >= 11 is 0. The van der Waals surface area contributed by atoms with Crippen molar-refractivity contribution in [3.8, 4) is 17.2 Å². The summed E-state index contributed by atoms with van der Waals surface area (Å²) in [5, 5.41) is 3.15. The third kappa shape index (κ3) is 2.47. The van der Waals surface area contributed by atoms with Crippen molar-refractivity contribution in [1.29, 1.82) is 0 Å². The molecule has 2 aromatic carbocycles. The molecule has 0 bridgehead atoms. The summed E-state index contributed by atoms with van der Waals surface area (Å²) in [5.41, 5.74) is 1.73. The molecule has 1 aliphatic rings. The maximum Gasteiger partial charge on any atom is 0.231 e. The van der Waals surface area contributed by atoms with Gasteiger partial charge >= 0.3 is 0 Å². The largest absolute Gasteiger partial charge is 0.494 e. The van der Waals surface area contributed by atoms with E-state index in [-0.39, 0.29) is 18.4 Å². The first-order chi connectivity index (χ1) is 9.76. The van der Waals surface area contributed by atoms with Gasteiger partial charge in [-0.05, 0) is 29.8 Å². The van der Waals surface area contributed by atoms with Crippen molar-refractivity contribution >= 4 is 5.69 Å². The lowest BCUT2D eigenvalue weighted by molar-refractivity contribution is 0.174. The predicted molar refractivity (Wildman–Crippen MR) is 72.8 cm³/mol. The standard InChI is InChI=1S/C15H14FNO3/c1-18-13-5-3-11(7-12(13)16)17-8-10-2-4-14-15(6-10)20-9-19-14/h2-7,17H,8-9H2,1H3. The summed E-state index contributed by atoms with van der Waals surface area (Å²) < 4.78 is 29.0. The quantitative estimate of drug-likeness (QED) is 0.930. The van der Waals surface area contributed by atoms with E-state index in [0.29, 0.717) is 12.2 Å². The van der Waals surface area contributed by atoms with Gasteiger partial charge in [-0.2, -0.15) is 0 Å². The van der Waals surface area contributed by atoms with Gasteiger partial charge in [0.05, 0.1) is 7.11 Å². The number of halogens is 1. The Morgan fingerprint density at radius 3 is 2.80 bits per heavy atom. The molecule has 1 aliphatic heterocycles. The van der Waals surface area contributed by atoms with E-state index < -0.39 is 0 Å². The van der Waals surface area contributed by atoms with E-state index in [0.717, 1.165) is 17.1 Å². The van der Waals surface area contributed by atoms with E-state index in [1.807, 2.05) is 18.2 Å². The lowest BCUT2D eigenvalue weighted by Gasteiger charge is -2.09. The monoisotopic (exact) mass is 275 g/mol. The van der Waals surface area contributed by atoms with Crippen LogP contribution in [-0.4, -0.2) is 13.9 Å². The fraction of sp³-hybridized carbons (Fsp3) is 0.200. The zero-order valence-corrected chi connectivity index (χ0v) is 11.0. The van der Waals surface area contributed by atoms with E-state index in [1.54, 1.807) is 12.1 Å². The molecule has 0 aliphatic carbocycles. The normalized spacial score (nSPS) is 12.3. The molecule has 20 heavy (non-hydrogen) atoms. The van der Waals surface area contributed by atoms with Gasteiger partial charge in [0.15, 0.2) is 23.1 Å². The Bertz CT molecular complexity index is 631. The van der Waals surface area contributed by atoms with Crippen LogP contribution in [0.3, 0.4) is 0 Å². The van der Waals surface area contributed by atoms with Crippen LogP contribution in [0, 0.1) is 5.82 Å². The molecule has 104 valence electrons. The van der Waals surface area contributed by atoms with Crippen LogP contribution in [0.4, 0.5) is 10.1 Å². The molecule has 3 rings (SSSR count). The molecule has 0 aromatic heterocycles. The lowest BCUT2D eigenvalue weighted by Crippen LogP contribution is -2.00. The van der Waals surface area contributed by atoms with Crippen LogP contribution in [0.1, 0.15) is 5.56 Å². The van der Waals surface area contributed by atoms with Gasteiger partial charge in [0.1, 0.15) is 0 Å². The van der Waals surface area contributed by atoms with Gasteiger partial charge in [-0.3, -0.25) is 0 Å². The van der Waals surface area contributed by atoms with Crippen LogP contribution < -0.4 is 19.5 Å². The second-order valence-corrected chi connectivity index (χ2v) is 4.39. The highest BCUT2D eigenvalue weighted by Crippen LogP contribution is 2.32. The summed E-state index contributed by atoms with van der Waals surface area (Å²) in [6.07, 6.45) is 0. The highest BCUT2D eigenvalue weighted by Gasteiger charge is 2.13. The van der Waals surface area contributed by atoms with Crippen molar-refractivity contribution in [2.24, 2.45) is 0 Å². The molecular formula is C15H14FNO3. The zero-order valence-electron chi connectivity index (χ0n) is 11.0. The molecule has 0 saturated heterocycles. The predicted octanol–water partition coefficient (Wildman–Crippen LogP) is 3.18. The Kier molecular flexibility index (Phi) is 3.33. The number of anilines is 1. The molecule has 4 nitrogen and oxygen atoms in total. The van der Waals surface area contributed by atoms with E-state index >= 15 is 0 Å². The molecule has 0 atom stereocenters. The van der Waals surface area contributed by atoms with Crippen molar-refractivity contribution in [3.63, 3.8) is 0 Å². The molecule has 2 aromatic rings. The van der Waals surface area contributed by atoms with Gasteiger partial charge in [-0.15, -0.1) is 0 Å². The van der Waals surface area contributed by atoms with Gasteiger partial charge in [0.2, 0.25) is 6.79 Å². The average Bonchev–Trinajstić information content (AvgIpc) is 2.92. The Balaban J connectivity index is 1.69. The van der Waals surface area contributed by atoms with Crippen LogP contribution in [-0.2, 0) is 6.54 Å². The SMILES string of the molecule is COc1ccc(NCc2ccc3c(c2)OCO3)cc1F. The summed E-state index contributed by atoms with van der Waals surface area (Å²) in [7, 11) is 1.44. The molecule has 0 saturated carbocycles. The molecule has 0 radical (unpaired) electrons. The third-order valence-corrected chi connectivity index (χ3v) is 3.09. The number of fused-ring (bicyclic) bond motifs is 1. The Morgan fingerprint density at radius 2 is 2.00 bits per heavy atom. The smallest absolute Gasteiger partial charge is 0.231 e. The van der Waals surface area contributed by atoms with E-state index in [2.05, 4.69) is 5.32 Å². The van der Waals surface area contributed by atoms with Gasteiger partial charge in [0, 0.05) is 18.3 Å². The molecule has 1 N–H and O–H groups in total. The number of hydrogen-bond donors (Lipinski definition) is 1. The number of rotatable bonds is 4. The number of ether oxygens (including phenoxy) is 3. The maximum atomic E-state index is 13.6. The molecule has 0 unspecified atom stereocenters. The maximum absolute atomic E-state index is 13.6. The highest BCUT2D eigenvalue weighted by molar-refractivity contribution is 5.49. The lowest BCUT2D eigenvalue weighted by atomic mass is 10.2. The first-order valence-electron chi connectivity index (χ1n) is 6.22. The highest BCUT2D eigenvalue weighted by atomic mass is 19.1. The van der Waals surface area contributed by atoms with Crippen LogP contribution in [0.5, 0.6) is 17.2 Å². The van der Waals surface area contributed by atoms with Crippen LogP contribution in [0.15, 0.2) is 36.4 Å². The Morgan fingerprint density at radius 1 is 1.15 bits per heavy atom. The first-order valence-corrected chi connectivity index (χ1v) is 6.22. The summed E-state index contributed by atoms with van der Waals surface area (Å²) in [4.78, 5) is 0. The molecular weight excluding hydrogens is 261 g/mol. The Hall–Kier alpha value is -2.43. The van der Waals surface area contributed by atoms with Crippen molar-refractivity contribution in [3.05, 3.63) is 47.8 Å². The van der Waals surface area contributed by atoms with Gasteiger partial charge < -0.3 is 19.5 Å². The number of hydrogen-bond acceptors (Lipinski definition) is 4. The molecule has 5 heteroatoms. The minimum Gasteiger partial charge on any atom is -0.494 e. The van der Waals surface area contributed by atoms with E-state index in [4.69, 9.17) is 14.2 Å². The third-order valence-electron chi connectivity index (χ3n) is 3.09. The van der Waals surface area contributed by atoms with Crippen molar-refractivity contribution in [1.82, 2.24) is 0 Å². The van der Waals surface area contributed by atoms with Crippen molar-refractivity contribution in [2.75, 3.05) is 19.2 Å². The second kappa shape index (κ2) is 5.28. The summed E-state index contributed by atoms with van der Waals surface area (Å²) in [6, 6.07) is 10.5. The van der Waals surface area contributed by atoms with Crippen LogP contribution in [0.2, 0.25) is 0 Å². The molecule has 0 fully saturated rings. The van der Waals surface area contributed by atoms with E-state index in [1.165, 1.54) is 13.2 Å². The van der Waals surface area contributed by atoms with Gasteiger partial charge in [-0.25, -0.2) is 4.39 Å². The summed E-state index contributed by atoms with van der Waals surface area (Å²) in [5.74, 6) is 1.34. The topological polar surface area (TPSA) is 39.7 Å². The number of nitrogens with one attached hydrogen (secondary N) is 1. The van der Waals surface area contributed by atoms with Gasteiger partial charge in [0.25, 0.3) is 0 Å². The minimum atomic E-state index is -0.386. The fourth-order valence-corrected chi connectivity index (χ4v) is 2.03. The average molecular weight is 275 g/mol. The molecule has 0 amide bonds. The van der Waals surface area contributed by atoms with Crippen molar-refractivity contribution < 1.29 is 18.6 Å². The number of methoxy groups -OCH3 is 1. The minimum absolute atomic E-state index is 0.235. The van der Waals surface area contributed by atoms with Crippen LogP contribution in [0.25, 0.3) is 0 Å².